The van der Waals surface area contributed by atoms with Crippen LogP contribution in [-0.2, 0) is 15.1 Å². The van der Waals surface area contributed by atoms with Gasteiger partial charge in [-0.2, -0.15) is 0 Å². The van der Waals surface area contributed by atoms with Gasteiger partial charge in [0.1, 0.15) is 12.1 Å². The molecule has 0 spiro atoms. The second kappa shape index (κ2) is 7.09. The molecule has 2 N–H and O–H groups in total. The number of benzene rings is 1. The number of nitrogens with one attached hydrogen (secondary N) is 2. The zero-order chi connectivity index (χ0) is 19.7. The van der Waals surface area contributed by atoms with Crippen molar-refractivity contribution in [1.29, 1.82) is 0 Å². The first-order chi connectivity index (χ1) is 12.0. The number of rotatable bonds is 6. The molecule has 26 heavy (non-hydrogen) atoms. The summed E-state index contributed by atoms with van der Waals surface area (Å²) in [6.07, 6.45) is 0.749. The Morgan fingerprint density at radius 3 is 2.31 bits per heavy atom. The van der Waals surface area contributed by atoms with Gasteiger partial charge in [-0.05, 0) is 44.2 Å². The Balaban J connectivity index is 2.18. The lowest BCUT2D eigenvalue weighted by Gasteiger charge is -2.26. The molecule has 0 aliphatic carbocycles. The lowest BCUT2D eigenvalue weighted by molar-refractivity contribution is -0.135. The molecule has 6 nitrogen and oxygen atoms in total. The molecule has 1 unspecified atom stereocenters. The van der Waals surface area contributed by atoms with E-state index in [1.807, 2.05) is 45.0 Å². The SMILES string of the molecule is CCC(C)(C)NC(=O)CN1C(=O)NC(C)(c2ccc(C(C)C)cc2)C1=O. The van der Waals surface area contributed by atoms with E-state index in [-0.39, 0.29) is 18.0 Å². The summed E-state index contributed by atoms with van der Waals surface area (Å²) in [5, 5.41) is 5.58. The molecule has 142 valence electrons. The third kappa shape index (κ3) is 3.89. The van der Waals surface area contributed by atoms with E-state index in [1.54, 1.807) is 6.92 Å². The maximum Gasteiger partial charge on any atom is 0.325 e. The van der Waals surface area contributed by atoms with Crippen molar-refractivity contribution < 1.29 is 14.4 Å². The molecule has 1 fully saturated rings. The van der Waals surface area contributed by atoms with E-state index in [0.29, 0.717) is 11.5 Å². The van der Waals surface area contributed by atoms with Crippen molar-refractivity contribution in [2.45, 2.75) is 65.0 Å². The fourth-order valence-corrected chi connectivity index (χ4v) is 2.89. The van der Waals surface area contributed by atoms with Crippen LogP contribution < -0.4 is 10.6 Å². The first-order valence-corrected chi connectivity index (χ1v) is 9.05. The van der Waals surface area contributed by atoms with Crippen LogP contribution in [0.2, 0.25) is 0 Å². The standard InChI is InChI=1S/C20H29N3O3/c1-7-19(4,5)21-16(24)12-23-17(25)20(6,22-18(23)26)15-10-8-14(9-11-15)13(2)3/h8-11,13H,7,12H2,1-6H3,(H,21,24)(H,22,26). The zero-order valence-corrected chi connectivity index (χ0v) is 16.5. The Morgan fingerprint density at radius 1 is 1.23 bits per heavy atom. The first kappa shape index (κ1) is 19.9. The van der Waals surface area contributed by atoms with Gasteiger partial charge >= 0.3 is 6.03 Å². The molecule has 1 atom stereocenters. The molecular weight excluding hydrogens is 330 g/mol. The van der Waals surface area contributed by atoms with Gasteiger partial charge in [-0.25, -0.2) is 4.79 Å². The van der Waals surface area contributed by atoms with E-state index in [1.165, 1.54) is 0 Å². The Hall–Kier alpha value is -2.37. The molecule has 0 saturated carbocycles. The van der Waals surface area contributed by atoms with Crippen molar-refractivity contribution in [1.82, 2.24) is 15.5 Å². The summed E-state index contributed by atoms with van der Waals surface area (Å²) >= 11 is 0. The average Bonchev–Trinajstić information content (AvgIpc) is 2.78. The second-order valence-electron chi connectivity index (χ2n) is 8.01. The van der Waals surface area contributed by atoms with Gasteiger partial charge in [-0.15, -0.1) is 0 Å². The number of imide groups is 1. The van der Waals surface area contributed by atoms with E-state index in [0.717, 1.165) is 16.9 Å². The summed E-state index contributed by atoms with van der Waals surface area (Å²) in [6, 6.07) is 7.09. The van der Waals surface area contributed by atoms with Crippen LogP contribution in [0.15, 0.2) is 24.3 Å². The number of carbonyl (C=O) groups is 3. The van der Waals surface area contributed by atoms with Crippen LogP contribution in [0, 0.1) is 0 Å². The van der Waals surface area contributed by atoms with Gasteiger partial charge in [-0.1, -0.05) is 45.0 Å². The minimum Gasteiger partial charge on any atom is -0.350 e. The van der Waals surface area contributed by atoms with Crippen LogP contribution in [0.1, 0.15) is 65.0 Å². The highest BCUT2D eigenvalue weighted by atomic mass is 16.2. The number of nitrogens with zero attached hydrogens (tertiary/aromatic N) is 1. The van der Waals surface area contributed by atoms with Crippen LogP contribution in [0.4, 0.5) is 4.79 Å². The Morgan fingerprint density at radius 2 is 1.81 bits per heavy atom. The molecule has 1 aliphatic heterocycles. The Bertz CT molecular complexity index is 710. The van der Waals surface area contributed by atoms with Crippen molar-refractivity contribution in [3.8, 4) is 0 Å². The lowest BCUT2D eigenvalue weighted by Crippen LogP contribution is -2.49. The van der Waals surface area contributed by atoms with Gasteiger partial charge in [0.25, 0.3) is 5.91 Å². The summed E-state index contributed by atoms with van der Waals surface area (Å²) < 4.78 is 0. The predicted molar refractivity (Wildman–Crippen MR) is 101 cm³/mol. The molecule has 0 radical (unpaired) electrons. The smallest absolute Gasteiger partial charge is 0.325 e. The third-order valence-corrected chi connectivity index (χ3v) is 5.09. The highest BCUT2D eigenvalue weighted by molar-refractivity contribution is 6.09. The zero-order valence-electron chi connectivity index (χ0n) is 16.5. The molecule has 1 aromatic rings. The van der Waals surface area contributed by atoms with Gasteiger partial charge < -0.3 is 10.6 Å². The average molecular weight is 359 g/mol. The fraction of sp³-hybridized carbons (Fsp3) is 0.550. The van der Waals surface area contributed by atoms with Crippen LogP contribution >= 0.6 is 0 Å². The van der Waals surface area contributed by atoms with Gasteiger partial charge in [0.15, 0.2) is 0 Å². The summed E-state index contributed by atoms with van der Waals surface area (Å²) in [5.74, 6) is -0.378. The maximum absolute atomic E-state index is 12.9. The number of carbonyl (C=O) groups excluding carboxylic acids is 3. The van der Waals surface area contributed by atoms with E-state index in [2.05, 4.69) is 24.5 Å². The highest BCUT2D eigenvalue weighted by Gasteiger charge is 2.49. The molecule has 1 saturated heterocycles. The van der Waals surface area contributed by atoms with Crippen molar-refractivity contribution >= 4 is 17.8 Å². The summed E-state index contributed by atoms with van der Waals surface area (Å²) in [4.78, 5) is 38.5. The van der Waals surface area contributed by atoms with Gasteiger partial charge in [-0.3, -0.25) is 14.5 Å². The van der Waals surface area contributed by atoms with Crippen LogP contribution in [0.5, 0.6) is 0 Å². The molecule has 0 aromatic heterocycles. The number of urea groups is 1. The number of hydrogen-bond donors (Lipinski definition) is 2. The molecule has 1 aromatic carbocycles. The van der Waals surface area contributed by atoms with Crippen molar-refractivity contribution in [3.05, 3.63) is 35.4 Å². The first-order valence-electron chi connectivity index (χ1n) is 9.05. The van der Waals surface area contributed by atoms with E-state index in [4.69, 9.17) is 0 Å². The molecular formula is C20H29N3O3. The topological polar surface area (TPSA) is 78.5 Å². The molecule has 1 aliphatic rings. The van der Waals surface area contributed by atoms with Gasteiger partial charge in [0, 0.05) is 5.54 Å². The third-order valence-electron chi connectivity index (χ3n) is 5.09. The molecule has 2 rings (SSSR count). The van der Waals surface area contributed by atoms with Crippen molar-refractivity contribution in [2.75, 3.05) is 6.54 Å². The van der Waals surface area contributed by atoms with E-state index in [9.17, 15) is 14.4 Å². The summed E-state index contributed by atoms with van der Waals surface area (Å²) in [6.45, 7) is 11.3. The van der Waals surface area contributed by atoms with Crippen molar-refractivity contribution in [2.24, 2.45) is 0 Å². The van der Waals surface area contributed by atoms with Crippen LogP contribution in [0.3, 0.4) is 0 Å². The highest BCUT2D eigenvalue weighted by Crippen LogP contribution is 2.29. The number of amides is 4. The van der Waals surface area contributed by atoms with E-state index >= 15 is 0 Å². The van der Waals surface area contributed by atoms with Gasteiger partial charge in [0.05, 0.1) is 0 Å². The van der Waals surface area contributed by atoms with Crippen molar-refractivity contribution in [3.63, 3.8) is 0 Å². The lowest BCUT2D eigenvalue weighted by atomic mass is 9.90. The summed E-state index contributed by atoms with van der Waals surface area (Å²) in [7, 11) is 0. The summed E-state index contributed by atoms with van der Waals surface area (Å²) in [5.41, 5.74) is 0.323. The molecule has 1 heterocycles. The normalized spacial score (nSPS) is 20.5. The second-order valence-corrected chi connectivity index (χ2v) is 8.01. The predicted octanol–water partition coefficient (Wildman–Crippen LogP) is 2.88. The van der Waals surface area contributed by atoms with Crippen LogP contribution in [-0.4, -0.2) is 34.8 Å². The maximum atomic E-state index is 12.9. The Kier molecular flexibility index (Phi) is 5.44. The molecule has 4 amide bonds. The van der Waals surface area contributed by atoms with Gasteiger partial charge in [0.2, 0.25) is 5.91 Å². The quantitative estimate of drug-likeness (QED) is 0.767. The minimum absolute atomic E-state index is 0.284. The molecule has 6 heteroatoms. The molecule has 0 bridgehead atoms. The van der Waals surface area contributed by atoms with E-state index < -0.39 is 17.5 Å². The Labute approximate surface area is 155 Å². The number of hydrogen-bond acceptors (Lipinski definition) is 3. The monoisotopic (exact) mass is 359 g/mol. The minimum atomic E-state index is -1.16. The van der Waals surface area contributed by atoms with Crippen LogP contribution in [0.25, 0.3) is 0 Å². The fourth-order valence-electron chi connectivity index (χ4n) is 2.89. The largest absolute Gasteiger partial charge is 0.350 e.